The van der Waals surface area contributed by atoms with E-state index in [0.29, 0.717) is 5.04 Å². The smallest absolute Gasteiger partial charge is 0.153 e. The maximum absolute atomic E-state index is 8.58. The van der Waals surface area contributed by atoms with Gasteiger partial charge >= 0.3 is 0 Å². The molecule has 0 spiro atoms. The molecule has 2 N–H and O–H groups in total. The first-order valence-corrected chi connectivity index (χ1v) is 8.76. The normalized spacial score (nSPS) is 29.0. The van der Waals surface area contributed by atoms with E-state index in [1.165, 1.54) is 11.8 Å². The largest absolute Gasteiger partial charge is 0.355 e. The highest BCUT2D eigenvalue weighted by Crippen LogP contribution is 2.35. The Labute approximate surface area is 140 Å². The van der Waals surface area contributed by atoms with E-state index in [0.717, 1.165) is 37.6 Å². The third-order valence-electron chi connectivity index (χ3n) is 4.27. The Hall–Kier alpha value is -1.73. The molecular weight excluding hydrogens is 308 g/mol. The lowest BCUT2D eigenvalue weighted by Gasteiger charge is -2.34. The third-order valence-corrected chi connectivity index (χ3v) is 5.47. The third kappa shape index (κ3) is 3.30. The molecule has 2 aliphatic heterocycles. The average Bonchev–Trinajstić information content (AvgIpc) is 2.59. The van der Waals surface area contributed by atoms with Crippen LogP contribution in [-0.2, 0) is 5.54 Å². The fraction of sp³-hybridized carbons (Fsp3) is 0.500. The van der Waals surface area contributed by atoms with E-state index in [2.05, 4.69) is 32.6 Å². The Kier molecular flexibility index (Phi) is 4.77. The molecule has 0 bridgehead atoms. The molecule has 0 radical (unpaired) electrons. The second kappa shape index (κ2) is 6.80. The summed E-state index contributed by atoms with van der Waals surface area (Å²) in [6.45, 7) is 7.76. The van der Waals surface area contributed by atoms with Gasteiger partial charge in [0, 0.05) is 26.2 Å². The predicted molar refractivity (Wildman–Crippen MR) is 95.3 cm³/mol. The molecule has 2 atom stereocenters. The van der Waals surface area contributed by atoms with Crippen LogP contribution in [0.2, 0.25) is 0 Å². The number of nitrogens with one attached hydrogen (secondary N) is 2. The summed E-state index contributed by atoms with van der Waals surface area (Å²) in [6.07, 6.45) is 0. The highest BCUT2D eigenvalue weighted by molar-refractivity contribution is 8.15. The molecule has 0 aromatic heterocycles. The topological polar surface area (TPSA) is 76.2 Å². The SMILES string of the molecule is CC1SC(=N)C(C)(c2ccccc2)N=NN=C1N1CCNCC1. The van der Waals surface area contributed by atoms with E-state index in [9.17, 15) is 0 Å². The van der Waals surface area contributed by atoms with Crippen molar-refractivity contribution in [1.82, 2.24) is 10.2 Å². The Balaban J connectivity index is 1.92. The molecule has 2 heterocycles. The van der Waals surface area contributed by atoms with Gasteiger partial charge in [-0.3, -0.25) is 5.41 Å². The fourth-order valence-corrected chi connectivity index (χ4v) is 3.84. The lowest BCUT2D eigenvalue weighted by atomic mass is 9.94. The van der Waals surface area contributed by atoms with E-state index in [-0.39, 0.29) is 5.25 Å². The molecule has 0 aliphatic carbocycles. The van der Waals surface area contributed by atoms with Crippen molar-refractivity contribution in [2.24, 2.45) is 15.4 Å². The van der Waals surface area contributed by atoms with Crippen LogP contribution in [0.25, 0.3) is 0 Å². The maximum Gasteiger partial charge on any atom is 0.153 e. The molecule has 3 rings (SSSR count). The summed E-state index contributed by atoms with van der Waals surface area (Å²) in [5.41, 5.74) is 0.202. The van der Waals surface area contributed by atoms with Crippen molar-refractivity contribution in [1.29, 1.82) is 5.41 Å². The number of amidine groups is 1. The van der Waals surface area contributed by atoms with Crippen LogP contribution in [0.15, 0.2) is 45.8 Å². The van der Waals surface area contributed by atoms with E-state index in [4.69, 9.17) is 5.41 Å². The molecule has 6 nitrogen and oxygen atoms in total. The highest BCUT2D eigenvalue weighted by Gasteiger charge is 2.36. The van der Waals surface area contributed by atoms with Crippen LogP contribution < -0.4 is 5.32 Å². The van der Waals surface area contributed by atoms with Crippen molar-refractivity contribution in [2.75, 3.05) is 26.2 Å². The van der Waals surface area contributed by atoms with Crippen LogP contribution in [0.5, 0.6) is 0 Å². The van der Waals surface area contributed by atoms with Crippen molar-refractivity contribution in [3.05, 3.63) is 35.9 Å². The Bertz CT molecular complexity index is 623. The van der Waals surface area contributed by atoms with E-state index in [1.807, 2.05) is 37.3 Å². The van der Waals surface area contributed by atoms with Gasteiger partial charge in [0.05, 0.1) is 10.3 Å². The molecule has 0 saturated carbocycles. The molecular formula is C16H22N6S. The minimum absolute atomic E-state index is 0.0860. The number of thioether (sulfide) groups is 1. The lowest BCUT2D eigenvalue weighted by Crippen LogP contribution is -2.49. The van der Waals surface area contributed by atoms with E-state index in [1.54, 1.807) is 0 Å². The zero-order valence-corrected chi connectivity index (χ0v) is 14.3. The molecule has 23 heavy (non-hydrogen) atoms. The van der Waals surface area contributed by atoms with Gasteiger partial charge in [-0.1, -0.05) is 42.1 Å². The number of rotatable bonds is 1. The second-order valence-corrected chi connectivity index (χ2v) is 7.26. The van der Waals surface area contributed by atoms with Crippen LogP contribution >= 0.6 is 11.8 Å². The number of hydrogen-bond donors (Lipinski definition) is 2. The van der Waals surface area contributed by atoms with Crippen LogP contribution in [0, 0.1) is 5.41 Å². The van der Waals surface area contributed by atoms with Crippen molar-refractivity contribution >= 4 is 22.6 Å². The number of piperazine rings is 1. The minimum Gasteiger partial charge on any atom is -0.355 e. The molecule has 1 aromatic rings. The summed E-state index contributed by atoms with van der Waals surface area (Å²) in [6, 6.07) is 9.87. The fourth-order valence-electron chi connectivity index (χ4n) is 2.79. The number of nitrogens with zero attached hydrogens (tertiary/aromatic N) is 4. The predicted octanol–water partition coefficient (Wildman–Crippen LogP) is 2.69. The van der Waals surface area contributed by atoms with Gasteiger partial charge in [0.25, 0.3) is 0 Å². The van der Waals surface area contributed by atoms with Crippen molar-refractivity contribution < 1.29 is 0 Å². The van der Waals surface area contributed by atoms with Gasteiger partial charge in [0.2, 0.25) is 0 Å². The monoisotopic (exact) mass is 330 g/mol. The van der Waals surface area contributed by atoms with Crippen molar-refractivity contribution in [3.8, 4) is 0 Å². The Morgan fingerprint density at radius 2 is 1.96 bits per heavy atom. The van der Waals surface area contributed by atoms with Gasteiger partial charge in [-0.05, 0) is 24.6 Å². The Morgan fingerprint density at radius 3 is 2.65 bits per heavy atom. The molecule has 122 valence electrons. The van der Waals surface area contributed by atoms with Crippen LogP contribution in [0.3, 0.4) is 0 Å². The summed E-state index contributed by atoms with van der Waals surface area (Å²) in [5.74, 6) is 0.917. The Morgan fingerprint density at radius 1 is 1.26 bits per heavy atom. The number of hydrogen-bond acceptors (Lipinski definition) is 7. The summed E-state index contributed by atoms with van der Waals surface area (Å²) in [7, 11) is 0. The van der Waals surface area contributed by atoms with E-state index < -0.39 is 5.54 Å². The maximum atomic E-state index is 8.58. The van der Waals surface area contributed by atoms with Crippen LogP contribution in [0.4, 0.5) is 0 Å². The molecule has 1 fully saturated rings. The van der Waals surface area contributed by atoms with Crippen molar-refractivity contribution in [2.45, 2.75) is 24.6 Å². The van der Waals surface area contributed by atoms with Gasteiger partial charge < -0.3 is 10.2 Å². The lowest BCUT2D eigenvalue weighted by molar-refractivity contribution is 0.351. The molecule has 0 amide bonds. The summed E-state index contributed by atoms with van der Waals surface area (Å²) >= 11 is 1.52. The molecule has 7 heteroatoms. The zero-order valence-electron chi connectivity index (χ0n) is 13.5. The first-order chi connectivity index (χ1) is 11.1. The average molecular weight is 330 g/mol. The zero-order chi connectivity index (χ0) is 16.3. The summed E-state index contributed by atoms with van der Waals surface area (Å²) in [5, 5.41) is 25.4. The quantitative estimate of drug-likeness (QED) is 0.831. The van der Waals surface area contributed by atoms with E-state index >= 15 is 0 Å². The molecule has 2 aliphatic rings. The first kappa shape index (κ1) is 16.1. The molecule has 1 aromatic carbocycles. The molecule has 1 saturated heterocycles. The van der Waals surface area contributed by atoms with Gasteiger partial charge in [0.1, 0.15) is 5.84 Å². The summed E-state index contributed by atoms with van der Waals surface area (Å²) in [4.78, 5) is 2.24. The van der Waals surface area contributed by atoms with Crippen molar-refractivity contribution in [3.63, 3.8) is 0 Å². The summed E-state index contributed by atoms with van der Waals surface area (Å²) < 4.78 is 0. The van der Waals surface area contributed by atoms with Gasteiger partial charge in [-0.2, -0.15) is 5.11 Å². The van der Waals surface area contributed by atoms with Crippen LogP contribution in [0.1, 0.15) is 19.4 Å². The number of benzene rings is 1. The highest BCUT2D eigenvalue weighted by atomic mass is 32.2. The van der Waals surface area contributed by atoms with Gasteiger partial charge in [-0.15, -0.1) is 5.10 Å². The second-order valence-electron chi connectivity index (χ2n) is 5.91. The first-order valence-electron chi connectivity index (χ1n) is 7.88. The minimum atomic E-state index is -0.765. The van der Waals surface area contributed by atoms with Gasteiger partial charge in [0.15, 0.2) is 5.54 Å². The molecule has 2 unspecified atom stereocenters. The van der Waals surface area contributed by atoms with Crippen LogP contribution in [-0.4, -0.2) is 47.2 Å². The standard InChI is InChI=1S/C16H22N6S/c1-12-14(22-10-8-18-9-11-22)19-21-20-16(2,15(17)23-12)13-6-4-3-5-7-13/h3-7,12,17-18H,8-11H2,1-2H3. The van der Waals surface area contributed by atoms with Gasteiger partial charge in [-0.25, -0.2) is 0 Å².